The standard InChI is InChI=1S/C43H35N2PS.3C2H6/c1-46-43-35(34-14-7-10-18-41(34)47-46)25-26-39-42(43)36-15-6-9-17-38(36)44(39)31-22-19-28(20-23-31)29-21-24-33-32-13-5-8-16-37(32)45(40(33)27-29)30-11-3-2-4-12-30;3*1-2/h2-7,9,11-15,17,19,21-22,24-27H,8,10,16,18,20,23H2,1H3;3*1-2H3. The maximum absolute atomic E-state index is 2.57. The lowest BCUT2D eigenvalue weighted by atomic mass is 9.94. The lowest BCUT2D eigenvalue weighted by molar-refractivity contribution is 0.888. The molecule has 0 saturated heterocycles. The first-order valence-corrected chi connectivity index (χ1v) is 23.1. The van der Waals surface area contributed by atoms with Gasteiger partial charge in [0.2, 0.25) is 0 Å². The molecule has 0 spiro atoms. The minimum absolute atomic E-state index is 0.326. The highest BCUT2D eigenvalue weighted by molar-refractivity contribution is 8.59. The van der Waals surface area contributed by atoms with Gasteiger partial charge in [-0.15, -0.1) is 0 Å². The zero-order valence-electron chi connectivity index (χ0n) is 32.5. The minimum atomic E-state index is -0.326. The van der Waals surface area contributed by atoms with Gasteiger partial charge in [-0.3, -0.25) is 0 Å². The van der Waals surface area contributed by atoms with E-state index in [1.54, 1.807) is 10.2 Å². The third kappa shape index (κ3) is 6.41. The highest BCUT2D eigenvalue weighted by atomic mass is 32.7. The summed E-state index contributed by atoms with van der Waals surface area (Å²) in [4.78, 5) is 1.59. The number of para-hydroxylation sites is 2. The maximum Gasteiger partial charge on any atom is 0.0545 e. The molecule has 1 unspecified atom stereocenters. The molecule has 0 saturated carbocycles. The van der Waals surface area contributed by atoms with Gasteiger partial charge in [0.15, 0.2) is 0 Å². The summed E-state index contributed by atoms with van der Waals surface area (Å²) in [5.41, 5.74) is 15.1. The van der Waals surface area contributed by atoms with E-state index in [0.29, 0.717) is 0 Å². The second kappa shape index (κ2) is 16.4. The first kappa shape index (κ1) is 37.0. The third-order valence-corrected chi connectivity index (χ3v) is 14.6. The van der Waals surface area contributed by atoms with Crippen molar-refractivity contribution in [2.45, 2.75) is 80.1 Å². The Balaban J connectivity index is 0.000000693. The van der Waals surface area contributed by atoms with Crippen molar-refractivity contribution in [1.82, 2.24) is 9.13 Å². The van der Waals surface area contributed by atoms with Crippen molar-refractivity contribution in [3.63, 3.8) is 0 Å². The molecule has 0 N–H and O–H groups in total. The molecule has 270 valence electrons. The van der Waals surface area contributed by atoms with Gasteiger partial charge in [-0.25, -0.2) is 0 Å². The molecule has 2 aromatic heterocycles. The molecule has 6 aromatic rings. The Kier molecular flexibility index (Phi) is 11.4. The van der Waals surface area contributed by atoms with E-state index in [4.69, 9.17) is 0 Å². The molecule has 4 aromatic carbocycles. The molecule has 4 aliphatic rings. The zero-order valence-corrected chi connectivity index (χ0v) is 34.3. The van der Waals surface area contributed by atoms with Crippen molar-refractivity contribution in [1.29, 1.82) is 0 Å². The molecule has 1 aliphatic heterocycles. The fraction of sp³-hybridized carbons (Fsp3) is 0.265. The number of hydrogen-bond acceptors (Lipinski definition) is 1. The number of benzene rings is 4. The van der Waals surface area contributed by atoms with E-state index in [-0.39, 0.29) is 7.12 Å². The molecule has 0 radical (unpaired) electrons. The van der Waals surface area contributed by atoms with E-state index in [2.05, 4.69) is 149 Å². The van der Waals surface area contributed by atoms with Crippen LogP contribution in [0.4, 0.5) is 0 Å². The zero-order chi connectivity index (χ0) is 37.1. The van der Waals surface area contributed by atoms with Gasteiger partial charge >= 0.3 is 0 Å². The van der Waals surface area contributed by atoms with Crippen LogP contribution in [0.25, 0.3) is 61.3 Å². The van der Waals surface area contributed by atoms with E-state index in [9.17, 15) is 0 Å². The molecule has 3 aliphatic carbocycles. The van der Waals surface area contributed by atoms with Crippen LogP contribution in [0.5, 0.6) is 0 Å². The average Bonchev–Trinajstić information content (AvgIpc) is 3.76. The van der Waals surface area contributed by atoms with Crippen molar-refractivity contribution in [3.05, 3.63) is 143 Å². The first-order chi connectivity index (χ1) is 26.2. The van der Waals surface area contributed by atoms with E-state index >= 15 is 0 Å². The molecular weight excluding hydrogens is 680 g/mol. The Bertz CT molecular complexity index is 2450. The fourth-order valence-electron chi connectivity index (χ4n) is 8.43. The molecule has 10 rings (SSSR count). The normalized spacial score (nSPS) is 17.0. The molecule has 0 amide bonds. The van der Waals surface area contributed by atoms with Gasteiger partial charge in [0.1, 0.15) is 0 Å². The number of nitrogens with zero attached hydrogens (tertiary/aromatic N) is 2. The summed E-state index contributed by atoms with van der Waals surface area (Å²) >= 11 is 2.14. The molecule has 2 nitrogen and oxygen atoms in total. The largest absolute Gasteiger partial charge is 0.313 e. The fourth-order valence-corrected chi connectivity index (χ4v) is 12.8. The molecule has 4 heteroatoms. The van der Waals surface area contributed by atoms with E-state index in [1.807, 2.05) is 41.5 Å². The Morgan fingerprint density at radius 3 is 2.17 bits per heavy atom. The first-order valence-electron chi connectivity index (χ1n) is 19.9. The number of aromatic nitrogens is 2. The molecule has 3 heterocycles. The molecule has 1 atom stereocenters. The summed E-state index contributed by atoms with van der Waals surface area (Å²) in [6, 6.07) is 32.0. The average molecular weight is 733 g/mol. The molecule has 0 fully saturated rings. The summed E-state index contributed by atoms with van der Waals surface area (Å²) in [5, 5.41) is 5.78. The second-order valence-electron chi connectivity index (χ2n) is 13.1. The van der Waals surface area contributed by atoms with Crippen LogP contribution in [0.2, 0.25) is 0 Å². The van der Waals surface area contributed by atoms with Crippen LogP contribution in [-0.2, 0) is 6.42 Å². The van der Waals surface area contributed by atoms with Crippen LogP contribution in [0.1, 0.15) is 96.0 Å². The summed E-state index contributed by atoms with van der Waals surface area (Å²) < 4.78 is 5.07. The summed E-state index contributed by atoms with van der Waals surface area (Å²) in [5.74, 6) is 0. The van der Waals surface area contributed by atoms with Crippen molar-refractivity contribution >= 4 is 79.4 Å². The Morgan fingerprint density at radius 2 is 1.38 bits per heavy atom. The van der Waals surface area contributed by atoms with Crippen LogP contribution in [0.15, 0.2) is 120 Å². The third-order valence-electron chi connectivity index (χ3n) is 10.5. The minimum Gasteiger partial charge on any atom is -0.313 e. The predicted octanol–water partition coefficient (Wildman–Crippen LogP) is 15.0. The van der Waals surface area contributed by atoms with Crippen molar-refractivity contribution in [3.8, 4) is 5.69 Å². The number of hydrogen-bond donors (Lipinski definition) is 0. The summed E-state index contributed by atoms with van der Waals surface area (Å²) in [6.07, 6.45) is 20.8. The predicted molar refractivity (Wildman–Crippen MR) is 241 cm³/mol. The van der Waals surface area contributed by atoms with Crippen molar-refractivity contribution in [2.24, 2.45) is 0 Å². The number of allylic oxidation sites excluding steroid dienone is 9. The van der Waals surface area contributed by atoms with Crippen molar-refractivity contribution < 1.29 is 0 Å². The summed E-state index contributed by atoms with van der Waals surface area (Å²) in [7, 11) is -0.326. The molecular formula is C49H53N2PS. The van der Waals surface area contributed by atoms with Crippen LogP contribution in [0, 0.1) is 0 Å². The van der Waals surface area contributed by atoms with Gasteiger partial charge in [-0.05, 0) is 116 Å². The SMILES string of the molecule is CC.CC.CC.CP1SC2=C(C=CCC2)c2ccc3c(c21)c1ccccc1n3C1=CC=C(c2ccc3c4c(n(-c5ccccc5)c3c2)CCC=C4)CC1. The Hall–Kier alpha value is -4.30. The highest BCUT2D eigenvalue weighted by Gasteiger charge is 2.29. The van der Waals surface area contributed by atoms with Gasteiger partial charge in [-0.1, -0.05) is 138 Å². The van der Waals surface area contributed by atoms with Crippen LogP contribution >= 0.6 is 18.5 Å². The van der Waals surface area contributed by atoms with Crippen LogP contribution < -0.4 is 5.30 Å². The molecule has 0 bridgehead atoms. The smallest absolute Gasteiger partial charge is 0.0545 e. The second-order valence-corrected chi connectivity index (χ2v) is 17.4. The van der Waals surface area contributed by atoms with Crippen LogP contribution in [0.3, 0.4) is 0 Å². The van der Waals surface area contributed by atoms with Gasteiger partial charge < -0.3 is 9.13 Å². The van der Waals surface area contributed by atoms with E-state index in [1.165, 1.54) is 90.5 Å². The maximum atomic E-state index is 2.57. The van der Waals surface area contributed by atoms with Gasteiger partial charge in [0.05, 0.1) is 16.6 Å². The quantitative estimate of drug-likeness (QED) is 0.165. The van der Waals surface area contributed by atoms with E-state index in [0.717, 1.165) is 25.7 Å². The monoisotopic (exact) mass is 732 g/mol. The van der Waals surface area contributed by atoms with Gasteiger partial charge in [0.25, 0.3) is 0 Å². The number of rotatable bonds is 3. The topological polar surface area (TPSA) is 9.86 Å². The van der Waals surface area contributed by atoms with Gasteiger partial charge in [0, 0.05) is 44.1 Å². The van der Waals surface area contributed by atoms with Gasteiger partial charge in [-0.2, -0.15) is 0 Å². The lowest BCUT2D eigenvalue weighted by Gasteiger charge is -2.29. The summed E-state index contributed by atoms with van der Waals surface area (Å²) in [6.45, 7) is 14.5. The Morgan fingerprint density at radius 1 is 0.623 bits per heavy atom. The number of fused-ring (bicyclic) bond motifs is 9. The van der Waals surface area contributed by atoms with Crippen molar-refractivity contribution in [2.75, 3.05) is 6.66 Å². The van der Waals surface area contributed by atoms with Crippen LogP contribution in [-0.4, -0.2) is 15.8 Å². The lowest BCUT2D eigenvalue weighted by Crippen LogP contribution is -2.13. The highest BCUT2D eigenvalue weighted by Crippen LogP contribution is 2.60. The molecule has 53 heavy (non-hydrogen) atoms. The van der Waals surface area contributed by atoms with E-state index < -0.39 is 0 Å². The Labute approximate surface area is 322 Å².